The molecule has 1 aliphatic rings. The van der Waals surface area contributed by atoms with Gasteiger partial charge in [0, 0.05) is 18.6 Å². The molecular formula is C18H30N2. The van der Waals surface area contributed by atoms with Gasteiger partial charge in [-0.3, -0.25) is 4.90 Å². The van der Waals surface area contributed by atoms with Crippen LogP contribution in [0.15, 0.2) is 24.3 Å². The highest BCUT2D eigenvalue weighted by molar-refractivity contribution is 5.22. The van der Waals surface area contributed by atoms with Gasteiger partial charge in [-0.05, 0) is 51.3 Å². The van der Waals surface area contributed by atoms with Crippen molar-refractivity contribution in [2.45, 2.75) is 52.6 Å². The molecule has 1 fully saturated rings. The maximum absolute atomic E-state index is 3.64. The number of hydrogen-bond donors (Lipinski definition) is 1. The minimum absolute atomic E-state index is 0.678. The highest BCUT2D eigenvalue weighted by Crippen LogP contribution is 2.23. The second kappa shape index (κ2) is 7.24. The predicted molar refractivity (Wildman–Crippen MR) is 87.2 cm³/mol. The molecule has 3 unspecified atom stereocenters. The third kappa shape index (κ3) is 3.83. The monoisotopic (exact) mass is 274 g/mol. The number of benzene rings is 1. The van der Waals surface area contributed by atoms with Crippen LogP contribution in [0.2, 0.25) is 0 Å². The van der Waals surface area contributed by atoms with Gasteiger partial charge < -0.3 is 5.32 Å². The molecule has 1 heterocycles. The summed E-state index contributed by atoms with van der Waals surface area (Å²) in [5.74, 6) is 0.737. The summed E-state index contributed by atoms with van der Waals surface area (Å²) in [6.07, 6.45) is 2.46. The molecule has 112 valence electrons. The van der Waals surface area contributed by atoms with Crippen molar-refractivity contribution >= 4 is 0 Å². The Kier molecular flexibility index (Phi) is 5.62. The maximum atomic E-state index is 3.64. The Morgan fingerprint density at radius 2 is 2.10 bits per heavy atom. The Bertz CT molecular complexity index is 416. The molecular weight excluding hydrogens is 244 g/mol. The lowest BCUT2D eigenvalue weighted by atomic mass is 9.86. The number of nitrogens with one attached hydrogen (secondary N) is 1. The second-order valence-electron chi connectivity index (χ2n) is 6.33. The van der Waals surface area contributed by atoms with Gasteiger partial charge in [-0.25, -0.2) is 0 Å². The lowest BCUT2D eigenvalue weighted by molar-refractivity contribution is 0.0867. The van der Waals surface area contributed by atoms with Crippen molar-refractivity contribution in [3.05, 3.63) is 35.4 Å². The normalized spacial score (nSPS) is 27.7. The van der Waals surface area contributed by atoms with E-state index in [4.69, 9.17) is 0 Å². The summed E-state index contributed by atoms with van der Waals surface area (Å²) in [5, 5.41) is 3.64. The maximum Gasteiger partial charge on any atom is 0.0120 e. The van der Waals surface area contributed by atoms with E-state index in [1.54, 1.807) is 0 Å². The Balaban J connectivity index is 1.88. The molecule has 2 heteroatoms. The van der Waals surface area contributed by atoms with Crippen LogP contribution >= 0.6 is 0 Å². The summed E-state index contributed by atoms with van der Waals surface area (Å²) in [5.41, 5.74) is 2.84. The molecule has 0 saturated carbocycles. The van der Waals surface area contributed by atoms with Gasteiger partial charge in [0.15, 0.2) is 0 Å². The van der Waals surface area contributed by atoms with Gasteiger partial charge in [-0.2, -0.15) is 0 Å². The van der Waals surface area contributed by atoms with Crippen LogP contribution in [-0.2, 0) is 6.42 Å². The van der Waals surface area contributed by atoms with Crippen molar-refractivity contribution in [3.8, 4) is 0 Å². The SMILES string of the molecule is CCNC1CCN(CCc2cccc(C)c2)C(C)C1C. The lowest BCUT2D eigenvalue weighted by Crippen LogP contribution is -2.53. The minimum atomic E-state index is 0.678. The largest absolute Gasteiger partial charge is 0.314 e. The van der Waals surface area contributed by atoms with Gasteiger partial charge in [-0.15, -0.1) is 0 Å². The van der Waals surface area contributed by atoms with Gasteiger partial charge in [0.25, 0.3) is 0 Å². The third-order valence-corrected chi connectivity index (χ3v) is 4.94. The molecule has 2 rings (SSSR count). The van der Waals surface area contributed by atoms with Crippen LogP contribution in [0.5, 0.6) is 0 Å². The van der Waals surface area contributed by atoms with E-state index in [-0.39, 0.29) is 0 Å². The number of rotatable bonds is 5. The van der Waals surface area contributed by atoms with E-state index in [1.807, 2.05) is 0 Å². The average Bonchev–Trinajstić information content (AvgIpc) is 2.43. The van der Waals surface area contributed by atoms with Crippen LogP contribution in [0.1, 0.15) is 38.3 Å². The molecule has 0 aliphatic carbocycles. The van der Waals surface area contributed by atoms with Crippen molar-refractivity contribution in [1.29, 1.82) is 0 Å². The molecule has 3 atom stereocenters. The Morgan fingerprint density at radius 1 is 1.30 bits per heavy atom. The second-order valence-corrected chi connectivity index (χ2v) is 6.33. The van der Waals surface area contributed by atoms with Gasteiger partial charge in [0.2, 0.25) is 0 Å². The predicted octanol–water partition coefficient (Wildman–Crippen LogP) is 3.25. The zero-order valence-electron chi connectivity index (χ0n) is 13.5. The molecule has 1 aromatic rings. The summed E-state index contributed by atoms with van der Waals surface area (Å²) in [4.78, 5) is 2.67. The Hall–Kier alpha value is -0.860. The van der Waals surface area contributed by atoms with Crippen LogP contribution in [0.3, 0.4) is 0 Å². The molecule has 1 aromatic carbocycles. The van der Waals surface area contributed by atoms with Crippen molar-refractivity contribution < 1.29 is 0 Å². The van der Waals surface area contributed by atoms with Gasteiger partial charge >= 0.3 is 0 Å². The summed E-state index contributed by atoms with van der Waals surface area (Å²) in [6, 6.07) is 10.3. The zero-order chi connectivity index (χ0) is 14.5. The van der Waals surface area contributed by atoms with Crippen LogP contribution < -0.4 is 5.32 Å². The molecule has 20 heavy (non-hydrogen) atoms. The van der Waals surface area contributed by atoms with E-state index in [0.29, 0.717) is 12.1 Å². The van der Waals surface area contributed by atoms with Crippen molar-refractivity contribution in [3.63, 3.8) is 0 Å². The van der Waals surface area contributed by atoms with Gasteiger partial charge in [0.1, 0.15) is 0 Å². The number of aryl methyl sites for hydroxylation is 1. The van der Waals surface area contributed by atoms with E-state index in [0.717, 1.165) is 12.5 Å². The molecule has 0 amide bonds. The fraction of sp³-hybridized carbons (Fsp3) is 0.667. The van der Waals surface area contributed by atoms with E-state index in [9.17, 15) is 0 Å². The van der Waals surface area contributed by atoms with E-state index < -0.39 is 0 Å². The smallest absolute Gasteiger partial charge is 0.0120 e. The fourth-order valence-electron chi connectivity index (χ4n) is 3.45. The molecule has 1 N–H and O–H groups in total. The summed E-state index contributed by atoms with van der Waals surface area (Å²) < 4.78 is 0. The standard InChI is InChI=1S/C18H30N2/c1-5-19-18-10-12-20(16(4)15(18)3)11-9-17-8-6-7-14(2)13-17/h6-8,13,15-16,18-19H,5,9-12H2,1-4H3. The third-order valence-electron chi connectivity index (χ3n) is 4.94. The Labute approximate surface area is 124 Å². The molecule has 0 aromatic heterocycles. The summed E-state index contributed by atoms with van der Waals surface area (Å²) in [7, 11) is 0. The van der Waals surface area contributed by atoms with Crippen LogP contribution in [0, 0.1) is 12.8 Å². The van der Waals surface area contributed by atoms with Crippen LogP contribution in [0.4, 0.5) is 0 Å². The average molecular weight is 274 g/mol. The van der Waals surface area contributed by atoms with Crippen molar-refractivity contribution in [2.24, 2.45) is 5.92 Å². The number of nitrogens with zero attached hydrogens (tertiary/aromatic N) is 1. The first-order valence-electron chi connectivity index (χ1n) is 8.14. The van der Waals surface area contributed by atoms with Crippen LogP contribution in [0.25, 0.3) is 0 Å². The van der Waals surface area contributed by atoms with Crippen molar-refractivity contribution in [2.75, 3.05) is 19.6 Å². The summed E-state index contributed by atoms with van der Waals surface area (Å²) >= 11 is 0. The lowest BCUT2D eigenvalue weighted by Gasteiger charge is -2.43. The molecule has 1 aliphatic heterocycles. The molecule has 0 spiro atoms. The first kappa shape index (κ1) is 15.5. The number of likely N-dealkylation sites (tertiary alicyclic amines) is 1. The quantitative estimate of drug-likeness (QED) is 0.886. The first-order valence-corrected chi connectivity index (χ1v) is 8.14. The highest BCUT2D eigenvalue weighted by Gasteiger charge is 2.31. The van der Waals surface area contributed by atoms with Crippen LogP contribution in [-0.4, -0.2) is 36.6 Å². The first-order chi connectivity index (χ1) is 9.61. The molecule has 0 bridgehead atoms. The van der Waals surface area contributed by atoms with Crippen molar-refractivity contribution in [1.82, 2.24) is 10.2 Å². The van der Waals surface area contributed by atoms with E-state index in [1.165, 1.54) is 37.1 Å². The summed E-state index contributed by atoms with van der Waals surface area (Å²) in [6.45, 7) is 12.7. The molecule has 0 radical (unpaired) electrons. The van der Waals surface area contributed by atoms with Gasteiger partial charge in [-0.1, -0.05) is 43.7 Å². The van der Waals surface area contributed by atoms with E-state index in [2.05, 4.69) is 62.2 Å². The Morgan fingerprint density at radius 3 is 2.80 bits per heavy atom. The molecule has 2 nitrogen and oxygen atoms in total. The number of piperidine rings is 1. The topological polar surface area (TPSA) is 15.3 Å². The minimum Gasteiger partial charge on any atom is -0.314 e. The number of hydrogen-bond acceptors (Lipinski definition) is 2. The van der Waals surface area contributed by atoms with E-state index >= 15 is 0 Å². The highest BCUT2D eigenvalue weighted by atomic mass is 15.2. The fourth-order valence-corrected chi connectivity index (χ4v) is 3.45. The molecule has 1 saturated heterocycles. The van der Waals surface area contributed by atoms with Gasteiger partial charge in [0.05, 0.1) is 0 Å². The zero-order valence-corrected chi connectivity index (χ0v) is 13.5.